The van der Waals surface area contributed by atoms with E-state index in [-0.39, 0.29) is 0 Å². The van der Waals surface area contributed by atoms with Crippen molar-refractivity contribution >= 4 is 40.3 Å². The number of rotatable bonds is 9. The molecule has 10 heteroatoms. The number of amides is 2. The summed E-state index contributed by atoms with van der Waals surface area (Å²) in [6.07, 6.45) is -2.01. The highest BCUT2D eigenvalue weighted by Gasteiger charge is 2.30. The second-order valence-electron chi connectivity index (χ2n) is 7.17. The van der Waals surface area contributed by atoms with E-state index in [2.05, 4.69) is 63.9 Å². The van der Waals surface area contributed by atoms with Gasteiger partial charge in [0.25, 0.3) is 0 Å². The first-order valence-corrected chi connectivity index (χ1v) is 10.1. The molecule has 178 valence electrons. The Kier molecular flexibility index (Phi) is 11.2. The number of carboxylic acid groups (broad SMARTS) is 1. The smallest absolute Gasteiger partial charge is 0.305 e. The van der Waals surface area contributed by atoms with Crippen LogP contribution in [0.4, 0.5) is 0 Å². The highest BCUT2D eigenvalue weighted by Crippen LogP contribution is 2.11. The lowest BCUT2D eigenvalue weighted by Crippen LogP contribution is -2.56. The second kappa shape index (κ2) is 13.6. The average molecular weight is 460 g/mol. The van der Waals surface area contributed by atoms with Gasteiger partial charge in [-0.1, -0.05) is 48.5 Å². The van der Waals surface area contributed by atoms with Crippen LogP contribution in [-0.4, -0.2) is 64.5 Å². The normalized spacial score (nSPS) is 12.8. The van der Waals surface area contributed by atoms with Gasteiger partial charge in [0.15, 0.2) is 12.4 Å². The number of carbonyl (C=O) groups is 5. The number of esters is 1. The van der Waals surface area contributed by atoms with Crippen molar-refractivity contribution in [3.8, 4) is 0 Å². The van der Waals surface area contributed by atoms with Crippen LogP contribution < -0.4 is 10.6 Å². The third-order valence-corrected chi connectivity index (χ3v) is 4.28. The highest BCUT2D eigenvalue weighted by atomic mass is 16.5. The predicted octanol–water partition coefficient (Wildman–Crippen LogP) is 0.803. The first-order valence-electron chi connectivity index (χ1n) is 10.1. The van der Waals surface area contributed by atoms with Crippen LogP contribution in [0.1, 0.15) is 27.2 Å². The van der Waals surface area contributed by atoms with Crippen LogP contribution in [-0.2, 0) is 28.7 Å². The highest BCUT2D eigenvalue weighted by molar-refractivity contribution is 5.95. The number of fused-ring (bicyclic) bond motifs is 1. The Morgan fingerprint density at radius 3 is 1.76 bits per heavy atom. The lowest BCUT2D eigenvalue weighted by atomic mass is 10.1. The molecular weight excluding hydrogens is 432 g/mol. The molecule has 0 aromatic heterocycles. The van der Waals surface area contributed by atoms with Crippen molar-refractivity contribution in [2.45, 2.75) is 45.4 Å². The van der Waals surface area contributed by atoms with E-state index in [9.17, 15) is 29.1 Å². The Bertz CT molecular complexity index is 924. The van der Waals surface area contributed by atoms with E-state index < -0.39 is 60.8 Å². The minimum absolute atomic E-state index is 0.591. The molecule has 0 saturated carbocycles. The van der Waals surface area contributed by atoms with Crippen molar-refractivity contribution in [3.05, 3.63) is 48.5 Å². The molecule has 0 radical (unpaired) electrons. The van der Waals surface area contributed by atoms with E-state index in [1.54, 1.807) is 0 Å². The summed E-state index contributed by atoms with van der Waals surface area (Å²) in [6, 6.07) is 13.9. The number of Topliss-reactive ketones (excluding diaryl/α,β-unsaturated/α-hetero) is 1. The number of aliphatic hydroxyl groups is 1. The van der Waals surface area contributed by atoms with Crippen molar-refractivity contribution in [2.75, 3.05) is 6.61 Å². The number of carbonyl (C=O) groups excluding carboxylic acids is 4. The molecule has 0 aliphatic carbocycles. The maximum Gasteiger partial charge on any atom is 0.305 e. The van der Waals surface area contributed by atoms with Crippen molar-refractivity contribution in [1.82, 2.24) is 10.6 Å². The zero-order chi connectivity index (χ0) is 25.0. The summed E-state index contributed by atoms with van der Waals surface area (Å²) in [4.78, 5) is 56.3. The topological polar surface area (TPSA) is 159 Å². The fourth-order valence-corrected chi connectivity index (χ4v) is 2.71. The maximum atomic E-state index is 12.0. The molecule has 3 atom stereocenters. The predicted molar refractivity (Wildman–Crippen MR) is 119 cm³/mol. The largest absolute Gasteiger partial charge is 0.481 e. The number of nitrogens with one attached hydrogen (secondary N) is 2. The molecule has 33 heavy (non-hydrogen) atoms. The summed E-state index contributed by atoms with van der Waals surface area (Å²) >= 11 is 0. The van der Waals surface area contributed by atoms with Gasteiger partial charge in [0, 0.05) is 13.8 Å². The molecule has 3 unspecified atom stereocenters. The number of ketones is 1. The quantitative estimate of drug-likeness (QED) is 0.400. The van der Waals surface area contributed by atoms with Gasteiger partial charge < -0.3 is 25.6 Å². The van der Waals surface area contributed by atoms with Crippen LogP contribution in [0.3, 0.4) is 0 Å². The van der Waals surface area contributed by atoms with Crippen LogP contribution >= 0.6 is 0 Å². The number of aliphatic hydroxyl groups excluding tert-OH is 1. The molecule has 0 heterocycles. The summed E-state index contributed by atoms with van der Waals surface area (Å²) in [5.41, 5.74) is 0. The molecule has 2 rings (SSSR count). The number of ether oxygens (including phenoxy) is 1. The third kappa shape index (κ3) is 10.4. The lowest BCUT2D eigenvalue weighted by Gasteiger charge is -2.23. The summed E-state index contributed by atoms with van der Waals surface area (Å²) in [5.74, 6) is -4.45. The molecule has 2 aromatic carbocycles. The van der Waals surface area contributed by atoms with E-state index in [0.29, 0.717) is 0 Å². The Morgan fingerprint density at radius 2 is 1.39 bits per heavy atom. The number of hydrogen-bond donors (Lipinski definition) is 4. The van der Waals surface area contributed by atoms with E-state index >= 15 is 0 Å². The number of benzene rings is 2. The number of hydrogen-bond acceptors (Lipinski definition) is 7. The Balaban J connectivity index is 0.000000442. The minimum atomic E-state index is -1.46. The fraction of sp³-hybridized carbons (Fsp3) is 0.348. The van der Waals surface area contributed by atoms with Gasteiger partial charge in [-0.25, -0.2) is 0 Å². The first-order chi connectivity index (χ1) is 15.5. The summed E-state index contributed by atoms with van der Waals surface area (Å²) in [5, 5.41) is 25.2. The lowest BCUT2D eigenvalue weighted by molar-refractivity contribution is -0.147. The summed E-state index contributed by atoms with van der Waals surface area (Å²) in [7, 11) is 0. The standard InChI is InChI=1S/C13H20N2O8.C10H8/c1-6(16)12(14-7(2)17)13(22)15-9(4-11(20)21)10(19)5-23-8(3)18;1-2-6-10-8-4-3-7-9(10)5-1/h6,9,12,16H,4-5H2,1-3H3,(H,14,17)(H,15,22)(H,20,21);1-8H. The third-order valence-electron chi connectivity index (χ3n) is 4.28. The maximum absolute atomic E-state index is 12.0. The average Bonchev–Trinajstić information content (AvgIpc) is 2.75. The van der Waals surface area contributed by atoms with Crippen LogP contribution in [0.25, 0.3) is 10.8 Å². The molecule has 0 bridgehead atoms. The van der Waals surface area contributed by atoms with Crippen molar-refractivity contribution < 1.29 is 38.9 Å². The summed E-state index contributed by atoms with van der Waals surface area (Å²) < 4.78 is 4.47. The molecule has 0 aliphatic heterocycles. The molecule has 0 fully saturated rings. The van der Waals surface area contributed by atoms with Gasteiger partial charge in [0.05, 0.1) is 12.5 Å². The molecule has 0 spiro atoms. The minimum Gasteiger partial charge on any atom is -0.481 e. The number of carboxylic acids is 1. The van der Waals surface area contributed by atoms with Gasteiger partial charge in [-0.3, -0.25) is 24.0 Å². The Labute approximate surface area is 190 Å². The second-order valence-corrected chi connectivity index (χ2v) is 7.17. The van der Waals surface area contributed by atoms with Gasteiger partial charge in [0.2, 0.25) is 11.8 Å². The van der Waals surface area contributed by atoms with Gasteiger partial charge in [0.1, 0.15) is 12.1 Å². The van der Waals surface area contributed by atoms with Gasteiger partial charge in [-0.15, -0.1) is 0 Å². The van der Waals surface area contributed by atoms with E-state index in [4.69, 9.17) is 5.11 Å². The monoisotopic (exact) mass is 460 g/mol. The van der Waals surface area contributed by atoms with Crippen LogP contribution in [0.5, 0.6) is 0 Å². The van der Waals surface area contributed by atoms with Crippen LogP contribution in [0, 0.1) is 0 Å². The molecular formula is C23H28N2O8. The zero-order valence-corrected chi connectivity index (χ0v) is 18.6. The van der Waals surface area contributed by atoms with Crippen molar-refractivity contribution in [3.63, 3.8) is 0 Å². The first kappa shape index (κ1) is 27.2. The van der Waals surface area contributed by atoms with Crippen LogP contribution in [0.2, 0.25) is 0 Å². The Morgan fingerprint density at radius 1 is 0.909 bits per heavy atom. The Hall–Kier alpha value is -3.79. The SMILES string of the molecule is CC(=O)NC(C(=O)NC(CC(=O)O)C(=O)COC(C)=O)C(C)O.c1ccc2ccccc2c1. The van der Waals surface area contributed by atoms with E-state index in [1.807, 2.05) is 0 Å². The number of aliphatic carboxylic acids is 1. The van der Waals surface area contributed by atoms with E-state index in [1.165, 1.54) is 17.7 Å². The molecule has 4 N–H and O–H groups in total. The van der Waals surface area contributed by atoms with Crippen LogP contribution in [0.15, 0.2) is 48.5 Å². The molecule has 2 aromatic rings. The van der Waals surface area contributed by atoms with Crippen molar-refractivity contribution in [1.29, 1.82) is 0 Å². The fourth-order valence-electron chi connectivity index (χ4n) is 2.71. The molecule has 0 saturated heterocycles. The van der Waals surface area contributed by atoms with Gasteiger partial charge in [-0.2, -0.15) is 0 Å². The molecule has 10 nitrogen and oxygen atoms in total. The summed E-state index contributed by atoms with van der Waals surface area (Å²) in [6.45, 7) is 2.74. The van der Waals surface area contributed by atoms with Gasteiger partial charge in [-0.05, 0) is 17.7 Å². The molecule has 0 aliphatic rings. The van der Waals surface area contributed by atoms with Gasteiger partial charge >= 0.3 is 11.9 Å². The van der Waals surface area contributed by atoms with Crippen molar-refractivity contribution in [2.24, 2.45) is 0 Å². The molecule has 2 amide bonds. The van der Waals surface area contributed by atoms with E-state index in [0.717, 1.165) is 13.8 Å². The zero-order valence-electron chi connectivity index (χ0n) is 18.6.